The van der Waals surface area contributed by atoms with Gasteiger partial charge in [-0.25, -0.2) is 18.0 Å². The molecule has 2 aromatic rings. The van der Waals surface area contributed by atoms with Crippen LogP contribution in [0.25, 0.3) is 0 Å². The van der Waals surface area contributed by atoms with Crippen LogP contribution in [0.1, 0.15) is 104 Å². The predicted octanol–water partition coefficient (Wildman–Crippen LogP) is 7.08. The van der Waals surface area contributed by atoms with E-state index in [0.717, 1.165) is 11.8 Å². The molecule has 3 amide bonds. The Morgan fingerprint density at radius 1 is 1.04 bits per heavy atom. The van der Waals surface area contributed by atoms with E-state index < -0.39 is 53.4 Å². The van der Waals surface area contributed by atoms with Gasteiger partial charge in [0.05, 0.1) is 18.7 Å². The number of hydrogen-bond donors (Lipinski definition) is 1. The number of rotatable bonds is 7. The third-order valence-electron chi connectivity index (χ3n) is 8.30. The molecule has 4 rings (SSSR count). The van der Waals surface area contributed by atoms with E-state index in [9.17, 15) is 27.6 Å². The van der Waals surface area contributed by atoms with E-state index in [1.54, 1.807) is 32.9 Å². The fourth-order valence-electron chi connectivity index (χ4n) is 5.92. The van der Waals surface area contributed by atoms with E-state index in [-0.39, 0.29) is 43.1 Å². The van der Waals surface area contributed by atoms with Crippen LogP contribution in [-0.2, 0) is 19.7 Å². The molecule has 2 fully saturated rings. The molecule has 8 nitrogen and oxygen atoms in total. The summed E-state index contributed by atoms with van der Waals surface area (Å²) in [6, 6.07) is 6.28. The van der Waals surface area contributed by atoms with Crippen LogP contribution >= 0.6 is 0 Å². The number of carbonyl (C=O) groups is 3. The molecule has 45 heavy (non-hydrogen) atoms. The van der Waals surface area contributed by atoms with E-state index in [1.165, 1.54) is 22.1 Å². The first kappa shape index (κ1) is 34.2. The zero-order valence-electron chi connectivity index (χ0n) is 27.0. The van der Waals surface area contributed by atoms with Crippen LogP contribution in [0.4, 0.5) is 23.7 Å². The highest BCUT2D eigenvalue weighted by Gasteiger charge is 2.42. The SMILES string of the molecule is CC(C)(C)OC(=O)N1CCC[C@@H]1C(=O)N(c1ccc(C(C)(C)C)cc1)C(CC(=O)NC1CCC(F)(F)CC1)c1cncc(F)c1. The van der Waals surface area contributed by atoms with Crippen LogP contribution in [0.3, 0.4) is 0 Å². The second-order valence-electron chi connectivity index (χ2n) is 14.2. The van der Waals surface area contributed by atoms with Gasteiger partial charge < -0.3 is 15.0 Å². The van der Waals surface area contributed by atoms with Gasteiger partial charge in [-0.05, 0) is 81.2 Å². The van der Waals surface area contributed by atoms with Crippen molar-refractivity contribution in [2.24, 2.45) is 0 Å². The van der Waals surface area contributed by atoms with Crippen molar-refractivity contribution in [3.63, 3.8) is 0 Å². The zero-order chi connectivity index (χ0) is 33.2. The number of aromatic nitrogens is 1. The lowest BCUT2D eigenvalue weighted by Gasteiger charge is -2.37. The number of carbonyl (C=O) groups excluding carboxylic acids is 3. The average molecular weight is 631 g/mol. The van der Waals surface area contributed by atoms with E-state index in [0.29, 0.717) is 25.1 Å². The molecule has 1 aliphatic heterocycles. The average Bonchev–Trinajstić information content (AvgIpc) is 3.43. The third-order valence-corrected chi connectivity index (χ3v) is 8.30. The topological polar surface area (TPSA) is 91.8 Å². The van der Waals surface area contributed by atoms with Crippen molar-refractivity contribution in [2.75, 3.05) is 11.4 Å². The van der Waals surface area contributed by atoms with E-state index in [2.05, 4.69) is 31.1 Å². The lowest BCUT2D eigenvalue weighted by molar-refractivity contribution is -0.125. The van der Waals surface area contributed by atoms with E-state index >= 15 is 0 Å². The van der Waals surface area contributed by atoms with E-state index in [1.807, 2.05) is 12.1 Å². The molecule has 0 spiro atoms. The van der Waals surface area contributed by atoms with Crippen LogP contribution in [0.2, 0.25) is 0 Å². The lowest BCUT2D eigenvalue weighted by atomic mass is 9.87. The summed E-state index contributed by atoms with van der Waals surface area (Å²) in [6.07, 6.45) is 2.15. The first-order valence-corrected chi connectivity index (χ1v) is 15.6. The van der Waals surface area contributed by atoms with Gasteiger partial charge in [0.25, 0.3) is 5.91 Å². The minimum Gasteiger partial charge on any atom is -0.444 e. The van der Waals surface area contributed by atoms with Gasteiger partial charge in [0.1, 0.15) is 17.5 Å². The molecule has 1 aromatic heterocycles. The van der Waals surface area contributed by atoms with Gasteiger partial charge in [0.2, 0.25) is 11.8 Å². The molecule has 1 saturated carbocycles. The Morgan fingerprint density at radius 3 is 2.27 bits per heavy atom. The largest absolute Gasteiger partial charge is 0.444 e. The third kappa shape index (κ3) is 8.98. The van der Waals surface area contributed by atoms with Gasteiger partial charge in [-0.1, -0.05) is 32.9 Å². The van der Waals surface area contributed by atoms with Crippen LogP contribution in [0.15, 0.2) is 42.7 Å². The number of ether oxygens (including phenoxy) is 1. The van der Waals surface area contributed by atoms with Crippen molar-refractivity contribution < 1.29 is 32.3 Å². The molecule has 1 N–H and O–H groups in total. The molecule has 1 aliphatic carbocycles. The maximum Gasteiger partial charge on any atom is 0.410 e. The lowest BCUT2D eigenvalue weighted by Crippen LogP contribution is -2.51. The van der Waals surface area contributed by atoms with E-state index in [4.69, 9.17) is 4.74 Å². The Morgan fingerprint density at radius 2 is 1.69 bits per heavy atom. The molecular formula is C34H45F3N4O4. The summed E-state index contributed by atoms with van der Waals surface area (Å²) >= 11 is 0. The molecule has 1 saturated heterocycles. The standard InChI is InChI=1S/C34H45F3N4O4/c1-32(2,3)23-9-11-26(12-10-23)41(30(43)27-8-7-17-40(27)31(44)45-33(4,5)6)28(22-18-24(35)21-38-20-22)19-29(42)39-25-13-15-34(36,37)16-14-25/h9-12,18,20-21,25,27-28H,7-8,13-17,19H2,1-6H3,(H,39,42)/t27-,28?/m1/s1. The van der Waals surface area contributed by atoms with Crippen molar-refractivity contribution in [2.45, 2.75) is 122 Å². The Balaban J connectivity index is 1.73. The number of halogens is 3. The molecule has 0 radical (unpaired) electrons. The number of anilines is 1. The zero-order valence-corrected chi connectivity index (χ0v) is 27.0. The quantitative estimate of drug-likeness (QED) is 0.353. The van der Waals surface area contributed by atoms with Crippen molar-refractivity contribution in [3.8, 4) is 0 Å². The number of pyridine rings is 1. The first-order valence-electron chi connectivity index (χ1n) is 15.6. The Kier molecular flexibility index (Phi) is 10.2. The fraction of sp³-hybridized carbons (Fsp3) is 0.588. The summed E-state index contributed by atoms with van der Waals surface area (Å²) in [6.45, 7) is 11.8. The van der Waals surface area contributed by atoms with Gasteiger partial charge in [0.15, 0.2) is 0 Å². The Hall–Kier alpha value is -3.63. The summed E-state index contributed by atoms with van der Waals surface area (Å²) in [5, 5.41) is 2.86. The molecule has 1 unspecified atom stereocenters. The van der Waals surface area contributed by atoms with Gasteiger partial charge in [0, 0.05) is 37.3 Å². The van der Waals surface area contributed by atoms with Crippen LogP contribution in [0, 0.1) is 5.82 Å². The summed E-state index contributed by atoms with van der Waals surface area (Å²) in [5.74, 6) is -4.29. The van der Waals surface area contributed by atoms with Gasteiger partial charge in [-0.3, -0.25) is 19.5 Å². The summed E-state index contributed by atoms with van der Waals surface area (Å²) < 4.78 is 47.7. The monoisotopic (exact) mass is 630 g/mol. The van der Waals surface area contributed by atoms with Crippen LogP contribution < -0.4 is 10.2 Å². The highest BCUT2D eigenvalue weighted by molar-refractivity contribution is 6.00. The maximum absolute atomic E-state index is 14.6. The fourth-order valence-corrected chi connectivity index (χ4v) is 5.92. The molecule has 2 atom stereocenters. The normalized spacial score (nSPS) is 19.6. The Labute approximate surface area is 263 Å². The number of nitrogens with zero attached hydrogens (tertiary/aromatic N) is 3. The highest BCUT2D eigenvalue weighted by Crippen LogP contribution is 2.36. The number of likely N-dealkylation sites (tertiary alicyclic amines) is 1. The van der Waals surface area contributed by atoms with Gasteiger partial charge >= 0.3 is 6.09 Å². The second-order valence-corrected chi connectivity index (χ2v) is 14.2. The van der Waals surface area contributed by atoms with Crippen molar-refractivity contribution in [1.82, 2.24) is 15.2 Å². The van der Waals surface area contributed by atoms with Crippen molar-refractivity contribution in [1.29, 1.82) is 0 Å². The molecule has 2 aliphatic rings. The Bertz CT molecular complexity index is 1360. The number of hydrogen-bond acceptors (Lipinski definition) is 5. The molecule has 2 heterocycles. The van der Waals surface area contributed by atoms with Crippen LogP contribution in [0.5, 0.6) is 0 Å². The number of nitrogens with one attached hydrogen (secondary N) is 1. The predicted molar refractivity (Wildman–Crippen MR) is 165 cm³/mol. The first-order chi connectivity index (χ1) is 20.9. The van der Waals surface area contributed by atoms with Crippen molar-refractivity contribution >= 4 is 23.6 Å². The molecule has 246 valence electrons. The summed E-state index contributed by atoms with van der Waals surface area (Å²) in [5.41, 5.74) is 0.825. The summed E-state index contributed by atoms with van der Waals surface area (Å²) in [4.78, 5) is 48.1. The van der Waals surface area contributed by atoms with Gasteiger partial charge in [-0.2, -0.15) is 0 Å². The smallest absolute Gasteiger partial charge is 0.410 e. The minimum atomic E-state index is -2.75. The second kappa shape index (κ2) is 13.4. The molecule has 11 heteroatoms. The molecule has 0 bridgehead atoms. The number of alkyl halides is 2. The minimum absolute atomic E-state index is 0.134. The number of benzene rings is 1. The van der Waals surface area contributed by atoms with Crippen LogP contribution in [-0.4, -0.2) is 57.9 Å². The maximum atomic E-state index is 14.6. The van der Waals surface area contributed by atoms with Crippen molar-refractivity contribution in [3.05, 3.63) is 59.7 Å². The number of amides is 3. The highest BCUT2D eigenvalue weighted by atomic mass is 19.3. The molecule has 1 aromatic carbocycles. The molecular weight excluding hydrogens is 585 g/mol. The van der Waals surface area contributed by atoms with Gasteiger partial charge in [-0.15, -0.1) is 0 Å². The summed E-state index contributed by atoms with van der Waals surface area (Å²) in [7, 11) is 0.